The zero-order valence-electron chi connectivity index (χ0n) is 13.3. The van der Waals surface area contributed by atoms with Crippen LogP contribution in [0.2, 0.25) is 0 Å². The second kappa shape index (κ2) is 4.80. The van der Waals surface area contributed by atoms with E-state index in [1.165, 1.54) is 4.31 Å². The van der Waals surface area contributed by atoms with Crippen molar-refractivity contribution in [1.82, 2.24) is 10.1 Å². The predicted octanol–water partition coefficient (Wildman–Crippen LogP) is 2.27. The Morgan fingerprint density at radius 1 is 1.20 bits per heavy atom. The van der Waals surface area contributed by atoms with Gasteiger partial charge in [0.05, 0.1) is 16.1 Å². The first-order chi connectivity index (χ1) is 12.0. The Kier molecular flexibility index (Phi) is 2.85. The van der Waals surface area contributed by atoms with Crippen LogP contribution in [0.25, 0.3) is 10.8 Å². The van der Waals surface area contributed by atoms with Crippen LogP contribution in [0.4, 0.5) is 5.69 Å². The molecular formula is C17H16N4O3S. The lowest BCUT2D eigenvalue weighted by Crippen LogP contribution is -2.44. The Hall–Kier alpha value is -2.45. The average molecular weight is 356 g/mol. The molecule has 5 rings (SSSR count). The van der Waals surface area contributed by atoms with Gasteiger partial charge >= 0.3 is 0 Å². The third-order valence-corrected chi connectivity index (χ3v) is 6.92. The first kappa shape index (κ1) is 14.9. The minimum absolute atomic E-state index is 0.000787. The highest BCUT2D eigenvalue weighted by Crippen LogP contribution is 2.43. The molecule has 8 heteroatoms. The first-order valence-electron chi connectivity index (χ1n) is 8.15. The highest BCUT2D eigenvalue weighted by molar-refractivity contribution is 7.93. The molecule has 3 aromatic rings. The molecule has 1 saturated carbocycles. The summed E-state index contributed by atoms with van der Waals surface area (Å²) in [5, 5.41) is 5.59. The van der Waals surface area contributed by atoms with Crippen LogP contribution in [0.1, 0.15) is 31.0 Å². The summed E-state index contributed by atoms with van der Waals surface area (Å²) in [5.41, 5.74) is 6.32. The summed E-state index contributed by atoms with van der Waals surface area (Å²) in [6.07, 6.45) is 2.68. The van der Waals surface area contributed by atoms with E-state index in [0.29, 0.717) is 16.4 Å². The molecule has 0 radical (unpaired) electrons. The molecule has 1 aliphatic carbocycles. The number of rotatable bonds is 3. The van der Waals surface area contributed by atoms with Gasteiger partial charge in [-0.2, -0.15) is 4.98 Å². The summed E-state index contributed by atoms with van der Waals surface area (Å²) in [7, 11) is -3.64. The summed E-state index contributed by atoms with van der Waals surface area (Å²) >= 11 is 0. The Morgan fingerprint density at radius 3 is 2.68 bits per heavy atom. The molecule has 2 aromatic carbocycles. The zero-order chi connectivity index (χ0) is 17.2. The van der Waals surface area contributed by atoms with Crippen molar-refractivity contribution in [3.05, 3.63) is 48.1 Å². The smallest absolute Gasteiger partial charge is 0.265 e. The van der Waals surface area contributed by atoms with Crippen molar-refractivity contribution in [2.75, 3.05) is 4.31 Å². The van der Waals surface area contributed by atoms with Crippen molar-refractivity contribution in [2.45, 2.75) is 36.2 Å². The molecule has 0 spiro atoms. The molecule has 25 heavy (non-hydrogen) atoms. The maximum atomic E-state index is 13.0. The molecule has 0 unspecified atom stereocenters. The molecule has 7 nitrogen and oxygen atoms in total. The predicted molar refractivity (Wildman–Crippen MR) is 91.3 cm³/mol. The molecule has 0 saturated heterocycles. The summed E-state index contributed by atoms with van der Waals surface area (Å²) in [6, 6.07) is 10.8. The Labute approximate surface area is 144 Å². The van der Waals surface area contributed by atoms with Crippen molar-refractivity contribution in [3.8, 4) is 0 Å². The summed E-state index contributed by atoms with van der Waals surface area (Å²) < 4.78 is 32.5. The molecule has 2 N–H and O–H groups in total. The number of nitrogens with two attached hydrogens (primary N) is 1. The minimum atomic E-state index is -3.64. The second-order valence-corrected chi connectivity index (χ2v) is 8.50. The van der Waals surface area contributed by atoms with Gasteiger partial charge in [0.2, 0.25) is 5.89 Å². The summed E-state index contributed by atoms with van der Waals surface area (Å²) in [6.45, 7) is -0.000787. The van der Waals surface area contributed by atoms with Crippen molar-refractivity contribution in [2.24, 2.45) is 5.73 Å². The van der Waals surface area contributed by atoms with E-state index in [-0.39, 0.29) is 12.4 Å². The first-order valence-corrected chi connectivity index (χ1v) is 9.59. The number of hydrogen-bond donors (Lipinski definition) is 1. The largest absolute Gasteiger partial charge is 0.337 e. The number of hydrogen-bond acceptors (Lipinski definition) is 6. The lowest BCUT2D eigenvalue weighted by Gasteiger charge is -2.34. The maximum Gasteiger partial charge on any atom is 0.265 e. The van der Waals surface area contributed by atoms with Crippen LogP contribution < -0.4 is 10.0 Å². The molecule has 1 aromatic heterocycles. The Bertz CT molecular complexity index is 1100. The SMILES string of the molecule is NC1(c2noc(CN3c4cccc5cccc(c45)S3(=O)=O)n2)CCC1. The molecule has 0 bridgehead atoms. The molecule has 1 aliphatic heterocycles. The van der Waals surface area contributed by atoms with E-state index in [2.05, 4.69) is 10.1 Å². The summed E-state index contributed by atoms with van der Waals surface area (Å²) in [4.78, 5) is 4.67. The van der Waals surface area contributed by atoms with Crippen molar-refractivity contribution < 1.29 is 12.9 Å². The fraction of sp³-hybridized carbons (Fsp3) is 0.294. The summed E-state index contributed by atoms with van der Waals surface area (Å²) in [5.74, 6) is 0.709. The standard InChI is InChI=1S/C17H16N4O3S/c18-17(8-3-9-17)16-19-14(24-20-16)10-21-12-6-1-4-11-5-2-7-13(15(11)12)25(21,22)23/h1-2,4-7H,3,8-10,18H2. The number of anilines is 1. The van der Waals surface area contributed by atoms with Crippen molar-refractivity contribution in [1.29, 1.82) is 0 Å². The quantitative estimate of drug-likeness (QED) is 0.772. The molecule has 128 valence electrons. The van der Waals surface area contributed by atoms with E-state index in [1.54, 1.807) is 18.2 Å². The van der Waals surface area contributed by atoms with Crippen LogP contribution in [0.5, 0.6) is 0 Å². The van der Waals surface area contributed by atoms with Crippen LogP contribution in [-0.2, 0) is 22.1 Å². The van der Waals surface area contributed by atoms with E-state index in [4.69, 9.17) is 10.3 Å². The van der Waals surface area contributed by atoms with Crippen LogP contribution in [0, 0.1) is 0 Å². The van der Waals surface area contributed by atoms with Gasteiger partial charge < -0.3 is 10.3 Å². The molecule has 0 amide bonds. The van der Waals surface area contributed by atoms with Crippen LogP contribution >= 0.6 is 0 Å². The van der Waals surface area contributed by atoms with Crippen LogP contribution in [0.3, 0.4) is 0 Å². The van der Waals surface area contributed by atoms with Gasteiger partial charge in [0.25, 0.3) is 10.0 Å². The fourth-order valence-corrected chi connectivity index (χ4v) is 5.21. The highest BCUT2D eigenvalue weighted by Gasteiger charge is 2.40. The number of sulfonamides is 1. The third-order valence-electron chi connectivity index (χ3n) is 5.12. The molecule has 2 heterocycles. The van der Waals surface area contributed by atoms with Gasteiger partial charge in [0.1, 0.15) is 6.54 Å². The molecule has 0 atom stereocenters. The minimum Gasteiger partial charge on any atom is -0.337 e. The van der Waals surface area contributed by atoms with Crippen molar-refractivity contribution in [3.63, 3.8) is 0 Å². The van der Waals surface area contributed by atoms with E-state index >= 15 is 0 Å². The van der Waals surface area contributed by atoms with Gasteiger partial charge in [-0.15, -0.1) is 0 Å². The number of benzene rings is 2. The third kappa shape index (κ3) is 1.98. The monoisotopic (exact) mass is 356 g/mol. The molecular weight excluding hydrogens is 340 g/mol. The van der Waals surface area contributed by atoms with E-state index in [0.717, 1.165) is 30.0 Å². The van der Waals surface area contributed by atoms with Gasteiger partial charge in [-0.3, -0.25) is 4.31 Å². The van der Waals surface area contributed by atoms with Gasteiger partial charge in [0.15, 0.2) is 5.82 Å². The van der Waals surface area contributed by atoms with E-state index in [9.17, 15) is 8.42 Å². The lowest BCUT2D eigenvalue weighted by molar-refractivity contribution is 0.229. The van der Waals surface area contributed by atoms with Crippen LogP contribution in [0.15, 0.2) is 45.8 Å². The molecule has 1 fully saturated rings. The highest BCUT2D eigenvalue weighted by atomic mass is 32.2. The van der Waals surface area contributed by atoms with Gasteiger partial charge in [-0.25, -0.2) is 8.42 Å². The zero-order valence-corrected chi connectivity index (χ0v) is 14.2. The van der Waals surface area contributed by atoms with E-state index in [1.807, 2.05) is 18.2 Å². The normalized spacial score (nSPS) is 20.0. The van der Waals surface area contributed by atoms with Crippen molar-refractivity contribution >= 4 is 26.5 Å². The van der Waals surface area contributed by atoms with Crippen LogP contribution in [-0.4, -0.2) is 18.6 Å². The Morgan fingerprint density at radius 2 is 1.96 bits per heavy atom. The topological polar surface area (TPSA) is 102 Å². The van der Waals surface area contributed by atoms with Gasteiger partial charge in [-0.05, 0) is 36.8 Å². The number of nitrogens with zero attached hydrogens (tertiary/aromatic N) is 3. The second-order valence-electron chi connectivity index (χ2n) is 6.66. The fourth-order valence-electron chi connectivity index (χ4n) is 3.55. The van der Waals surface area contributed by atoms with Gasteiger partial charge in [-0.1, -0.05) is 29.4 Å². The number of aromatic nitrogens is 2. The molecule has 2 aliphatic rings. The lowest BCUT2D eigenvalue weighted by atomic mass is 9.77. The maximum absolute atomic E-state index is 13.0. The Balaban J connectivity index is 1.56. The average Bonchev–Trinajstić information content (AvgIpc) is 3.12. The van der Waals surface area contributed by atoms with Gasteiger partial charge in [0, 0.05) is 5.39 Å². The van der Waals surface area contributed by atoms with E-state index < -0.39 is 15.6 Å².